The summed E-state index contributed by atoms with van der Waals surface area (Å²) >= 11 is 0. The summed E-state index contributed by atoms with van der Waals surface area (Å²) in [5.74, 6) is -0.120. The smallest absolute Gasteiger partial charge is 0.387 e. The van der Waals surface area contributed by atoms with Crippen molar-refractivity contribution in [2.24, 2.45) is 0 Å². The Morgan fingerprint density at radius 3 is 3.00 bits per heavy atom. The van der Waals surface area contributed by atoms with E-state index in [4.69, 9.17) is 0 Å². The molecule has 1 heterocycles. The largest absolute Gasteiger partial charge is 0.435 e. The van der Waals surface area contributed by atoms with Gasteiger partial charge in [-0.3, -0.25) is 9.48 Å². The van der Waals surface area contributed by atoms with Crippen molar-refractivity contribution in [3.8, 4) is 5.75 Å². The zero-order chi connectivity index (χ0) is 13.1. The first-order chi connectivity index (χ1) is 8.60. The predicted octanol–water partition coefficient (Wildman–Crippen LogP) is 1.38. The van der Waals surface area contributed by atoms with E-state index in [9.17, 15) is 13.6 Å². The zero-order valence-corrected chi connectivity index (χ0v) is 9.56. The first-order valence-electron chi connectivity index (χ1n) is 5.21. The van der Waals surface area contributed by atoms with E-state index in [2.05, 4.69) is 15.2 Å². The van der Waals surface area contributed by atoms with Crippen LogP contribution in [-0.2, 0) is 11.3 Å². The topological polar surface area (TPSA) is 56.2 Å². The lowest BCUT2D eigenvalue weighted by Crippen LogP contribution is -2.23. The van der Waals surface area contributed by atoms with Gasteiger partial charge in [-0.1, -0.05) is 0 Å². The Morgan fingerprint density at radius 2 is 2.33 bits per heavy atom. The zero-order valence-electron chi connectivity index (χ0n) is 9.56. The van der Waals surface area contributed by atoms with Gasteiger partial charge in [-0.2, -0.15) is 13.9 Å². The fraction of sp³-hybridized carbons (Fsp3) is 0.273. The number of likely N-dealkylation sites (N-methyl/N-ethyl adjacent to an activating group) is 1. The molecule has 1 N–H and O–H groups in total. The van der Waals surface area contributed by atoms with Crippen LogP contribution in [-0.4, -0.2) is 29.3 Å². The highest BCUT2D eigenvalue weighted by Gasteiger charge is 2.09. The van der Waals surface area contributed by atoms with Crippen LogP contribution in [0.25, 0.3) is 10.9 Å². The standard InChI is InChI=1S/C11H11F2N3O2/c1-14-10(17)6-16-9-3-2-8(18-11(12)13)4-7(9)5-15-16/h2-5,11H,6H2,1H3,(H,14,17). The molecule has 0 fully saturated rings. The third-order valence-electron chi connectivity index (χ3n) is 2.41. The number of fused-ring (bicyclic) bond motifs is 1. The number of hydrogen-bond donors (Lipinski definition) is 1. The first kappa shape index (κ1) is 12.3. The molecule has 1 aromatic carbocycles. The minimum atomic E-state index is -2.86. The van der Waals surface area contributed by atoms with Crippen LogP contribution in [0.1, 0.15) is 0 Å². The SMILES string of the molecule is CNC(=O)Cn1ncc2cc(OC(F)F)ccc21. The number of rotatable bonds is 4. The van der Waals surface area contributed by atoms with Crippen molar-refractivity contribution in [2.45, 2.75) is 13.2 Å². The summed E-state index contributed by atoms with van der Waals surface area (Å²) in [6, 6.07) is 4.45. The summed E-state index contributed by atoms with van der Waals surface area (Å²) in [6.45, 7) is -2.78. The van der Waals surface area contributed by atoms with Gasteiger partial charge in [0.15, 0.2) is 0 Å². The predicted molar refractivity (Wildman–Crippen MR) is 60.4 cm³/mol. The van der Waals surface area contributed by atoms with Gasteiger partial charge in [0.1, 0.15) is 12.3 Å². The molecule has 0 spiro atoms. The molecule has 0 aliphatic rings. The molecule has 0 unspecified atom stereocenters. The van der Waals surface area contributed by atoms with Gasteiger partial charge in [-0.25, -0.2) is 0 Å². The number of halogens is 2. The Morgan fingerprint density at radius 1 is 1.56 bits per heavy atom. The van der Waals surface area contributed by atoms with Gasteiger partial charge in [0, 0.05) is 12.4 Å². The highest BCUT2D eigenvalue weighted by atomic mass is 19.3. The van der Waals surface area contributed by atoms with E-state index in [0.29, 0.717) is 10.9 Å². The Kier molecular flexibility index (Phi) is 3.40. The van der Waals surface area contributed by atoms with Crippen LogP contribution in [0.4, 0.5) is 8.78 Å². The molecule has 0 bridgehead atoms. The number of carbonyl (C=O) groups is 1. The van der Waals surface area contributed by atoms with Crippen molar-refractivity contribution in [3.63, 3.8) is 0 Å². The summed E-state index contributed by atoms with van der Waals surface area (Å²) in [6.07, 6.45) is 1.50. The summed E-state index contributed by atoms with van der Waals surface area (Å²) in [5, 5.41) is 7.13. The molecular weight excluding hydrogens is 244 g/mol. The summed E-state index contributed by atoms with van der Waals surface area (Å²) in [7, 11) is 1.53. The molecule has 0 atom stereocenters. The quantitative estimate of drug-likeness (QED) is 0.898. The molecular formula is C11H11F2N3O2. The van der Waals surface area contributed by atoms with E-state index in [1.54, 1.807) is 6.07 Å². The average molecular weight is 255 g/mol. The number of aromatic nitrogens is 2. The molecule has 5 nitrogen and oxygen atoms in total. The van der Waals surface area contributed by atoms with E-state index in [-0.39, 0.29) is 18.2 Å². The highest BCUT2D eigenvalue weighted by Crippen LogP contribution is 2.21. The van der Waals surface area contributed by atoms with E-state index in [0.717, 1.165) is 0 Å². The summed E-state index contributed by atoms with van der Waals surface area (Å²) in [5.41, 5.74) is 0.681. The normalized spacial score (nSPS) is 10.9. The molecule has 0 aliphatic carbocycles. The van der Waals surface area contributed by atoms with Crippen molar-refractivity contribution in [1.29, 1.82) is 0 Å². The van der Waals surface area contributed by atoms with Crippen molar-refractivity contribution >= 4 is 16.8 Å². The van der Waals surface area contributed by atoms with Crippen LogP contribution >= 0.6 is 0 Å². The molecule has 96 valence electrons. The molecule has 0 saturated carbocycles. The Labute approximate surface area is 101 Å². The molecule has 7 heteroatoms. The maximum absolute atomic E-state index is 12.0. The van der Waals surface area contributed by atoms with Crippen molar-refractivity contribution in [2.75, 3.05) is 7.05 Å². The minimum absolute atomic E-state index is 0.0667. The number of amides is 1. The van der Waals surface area contributed by atoms with Crippen molar-refractivity contribution in [1.82, 2.24) is 15.1 Å². The number of carbonyl (C=O) groups excluding carboxylic acids is 1. The molecule has 2 rings (SSSR count). The Bertz CT molecular complexity index is 568. The number of benzene rings is 1. The molecule has 18 heavy (non-hydrogen) atoms. The third-order valence-corrected chi connectivity index (χ3v) is 2.41. The number of hydrogen-bond acceptors (Lipinski definition) is 3. The van der Waals surface area contributed by atoms with Gasteiger partial charge in [0.05, 0.1) is 11.7 Å². The Hall–Kier alpha value is -2.18. The number of nitrogens with zero attached hydrogens (tertiary/aromatic N) is 2. The molecule has 0 saturated heterocycles. The first-order valence-corrected chi connectivity index (χ1v) is 5.21. The van der Waals surface area contributed by atoms with Gasteiger partial charge in [-0.05, 0) is 18.2 Å². The number of ether oxygens (including phenoxy) is 1. The fourth-order valence-electron chi connectivity index (χ4n) is 1.58. The van der Waals surface area contributed by atoms with Crippen molar-refractivity contribution < 1.29 is 18.3 Å². The van der Waals surface area contributed by atoms with Crippen LogP contribution < -0.4 is 10.1 Å². The van der Waals surface area contributed by atoms with Crippen molar-refractivity contribution in [3.05, 3.63) is 24.4 Å². The lowest BCUT2D eigenvalue weighted by molar-refractivity contribution is -0.121. The van der Waals surface area contributed by atoms with Gasteiger partial charge in [0.2, 0.25) is 5.91 Å². The van der Waals surface area contributed by atoms with E-state index >= 15 is 0 Å². The second-order valence-electron chi connectivity index (χ2n) is 3.57. The lowest BCUT2D eigenvalue weighted by Gasteiger charge is -2.05. The molecule has 1 aromatic heterocycles. The molecule has 2 aromatic rings. The van der Waals surface area contributed by atoms with Gasteiger partial charge >= 0.3 is 6.61 Å². The fourth-order valence-corrected chi connectivity index (χ4v) is 1.58. The van der Waals surface area contributed by atoms with Crippen LogP contribution in [0, 0.1) is 0 Å². The van der Waals surface area contributed by atoms with E-state index in [1.807, 2.05) is 0 Å². The third kappa shape index (κ3) is 2.55. The maximum atomic E-state index is 12.0. The van der Waals surface area contributed by atoms with Crippen LogP contribution in [0.15, 0.2) is 24.4 Å². The van der Waals surface area contributed by atoms with Crippen LogP contribution in [0.3, 0.4) is 0 Å². The van der Waals surface area contributed by atoms with Crippen LogP contribution in [0.5, 0.6) is 5.75 Å². The van der Waals surface area contributed by atoms with E-state index in [1.165, 1.54) is 30.1 Å². The lowest BCUT2D eigenvalue weighted by atomic mass is 10.2. The second kappa shape index (κ2) is 4.99. The van der Waals surface area contributed by atoms with Gasteiger partial charge in [0.25, 0.3) is 0 Å². The summed E-state index contributed by atoms with van der Waals surface area (Å²) < 4.78 is 29.9. The monoisotopic (exact) mass is 255 g/mol. The molecule has 0 aliphatic heterocycles. The maximum Gasteiger partial charge on any atom is 0.387 e. The number of nitrogens with one attached hydrogen (secondary N) is 1. The van der Waals surface area contributed by atoms with E-state index < -0.39 is 6.61 Å². The average Bonchev–Trinajstić information content (AvgIpc) is 2.71. The molecule has 1 amide bonds. The molecule has 0 radical (unpaired) electrons. The van der Waals surface area contributed by atoms with Gasteiger partial charge in [-0.15, -0.1) is 0 Å². The minimum Gasteiger partial charge on any atom is -0.435 e. The van der Waals surface area contributed by atoms with Gasteiger partial charge < -0.3 is 10.1 Å². The Balaban J connectivity index is 2.28. The summed E-state index contributed by atoms with van der Waals surface area (Å²) in [4.78, 5) is 11.2. The second-order valence-corrected chi connectivity index (χ2v) is 3.57. The highest BCUT2D eigenvalue weighted by molar-refractivity contribution is 5.82. The van der Waals surface area contributed by atoms with Crippen LogP contribution in [0.2, 0.25) is 0 Å². The number of alkyl halides is 2.